The highest BCUT2D eigenvalue weighted by Crippen LogP contribution is 2.34. The number of benzene rings is 1. The fourth-order valence-electron chi connectivity index (χ4n) is 4.71. The Morgan fingerprint density at radius 2 is 2.05 bits per heavy atom. The van der Waals surface area contributed by atoms with Crippen LogP contribution in [0, 0.1) is 18.3 Å². The Hall–Kier alpha value is -4.92. The summed E-state index contributed by atoms with van der Waals surface area (Å²) in [5.41, 5.74) is 5.03. The van der Waals surface area contributed by atoms with Crippen LogP contribution in [0.1, 0.15) is 47.1 Å². The van der Waals surface area contributed by atoms with Gasteiger partial charge in [-0.05, 0) is 62.6 Å². The van der Waals surface area contributed by atoms with Crippen molar-refractivity contribution in [2.45, 2.75) is 32.4 Å². The molecule has 0 spiro atoms. The van der Waals surface area contributed by atoms with Gasteiger partial charge in [0.25, 0.3) is 5.91 Å². The van der Waals surface area contributed by atoms with Crippen LogP contribution in [0.2, 0.25) is 5.02 Å². The van der Waals surface area contributed by atoms with E-state index in [1.807, 2.05) is 29.7 Å². The van der Waals surface area contributed by atoms with Gasteiger partial charge < -0.3 is 15.4 Å². The highest BCUT2D eigenvalue weighted by molar-refractivity contribution is 6.31. The minimum Gasteiger partial charge on any atom is -0.358 e. The molecule has 4 aromatic heterocycles. The third kappa shape index (κ3) is 5.30. The van der Waals surface area contributed by atoms with Crippen LogP contribution in [-0.4, -0.2) is 42.0 Å². The number of hydrogen-bond acceptors (Lipinski definition) is 9. The number of carbonyl (C=O) groups is 1. The Morgan fingerprint density at radius 1 is 1.15 bits per heavy atom. The molecule has 1 aliphatic rings. The van der Waals surface area contributed by atoms with Crippen molar-refractivity contribution in [1.82, 2.24) is 29.5 Å². The molecule has 0 bridgehead atoms. The molecule has 12 heteroatoms. The summed E-state index contributed by atoms with van der Waals surface area (Å²) in [7, 11) is 0. The van der Waals surface area contributed by atoms with E-state index in [-0.39, 0.29) is 16.8 Å². The minimum absolute atomic E-state index is 0.103. The normalized spacial score (nSPS) is 14.9. The van der Waals surface area contributed by atoms with Gasteiger partial charge in [0.1, 0.15) is 35.7 Å². The molecule has 1 aromatic carbocycles. The lowest BCUT2D eigenvalue weighted by atomic mass is 10.1. The summed E-state index contributed by atoms with van der Waals surface area (Å²) in [4.78, 5) is 35.6. The van der Waals surface area contributed by atoms with E-state index in [4.69, 9.17) is 16.3 Å². The predicted molar refractivity (Wildman–Crippen MR) is 154 cm³/mol. The maximum Gasteiger partial charge on any atom is 0.255 e. The van der Waals surface area contributed by atoms with E-state index in [9.17, 15) is 10.1 Å². The lowest BCUT2D eigenvalue weighted by Crippen LogP contribution is -2.17. The number of nitrogens with zero attached hydrogens (tertiary/aromatic N) is 7. The summed E-state index contributed by atoms with van der Waals surface area (Å²) in [5, 5.41) is 15.7. The highest BCUT2D eigenvalue weighted by atomic mass is 35.5. The Kier molecular flexibility index (Phi) is 7.24. The van der Waals surface area contributed by atoms with E-state index in [0.717, 1.165) is 24.8 Å². The summed E-state index contributed by atoms with van der Waals surface area (Å²) < 4.78 is 7.92. The van der Waals surface area contributed by atoms with Gasteiger partial charge in [-0.2, -0.15) is 5.26 Å². The largest absolute Gasteiger partial charge is 0.358 e. The van der Waals surface area contributed by atoms with E-state index >= 15 is 0 Å². The van der Waals surface area contributed by atoms with Crippen molar-refractivity contribution in [3.05, 3.63) is 83.3 Å². The van der Waals surface area contributed by atoms with E-state index in [1.165, 1.54) is 18.5 Å². The molecule has 1 fully saturated rings. The van der Waals surface area contributed by atoms with Crippen molar-refractivity contribution in [1.29, 1.82) is 5.26 Å². The van der Waals surface area contributed by atoms with Crippen LogP contribution in [-0.2, 0) is 4.74 Å². The molecule has 0 saturated carbocycles. The molecular weight excluding hydrogens is 542 g/mol. The number of aryl methyl sites for hydroxylation is 1. The number of nitrogens with one attached hydrogen (secondary N) is 2. The van der Waals surface area contributed by atoms with Crippen molar-refractivity contribution in [3.63, 3.8) is 0 Å². The van der Waals surface area contributed by atoms with Gasteiger partial charge in [-0.15, -0.1) is 0 Å². The zero-order valence-corrected chi connectivity index (χ0v) is 22.8. The molecule has 41 heavy (non-hydrogen) atoms. The third-order valence-electron chi connectivity index (χ3n) is 6.83. The topological polar surface area (TPSA) is 144 Å². The molecular formula is C29H24ClN9O2. The highest BCUT2D eigenvalue weighted by Gasteiger charge is 2.22. The number of halogens is 1. The van der Waals surface area contributed by atoms with Crippen LogP contribution in [0.4, 0.5) is 17.2 Å². The monoisotopic (exact) mass is 565 g/mol. The molecule has 1 atom stereocenters. The standard InChI is InChI=1S/C29H24ClN9O2/c1-17-23(12-20(14-33-17)37-29(40)18-7-8-22(30)19(11-18)13-31)38-27-21(5-4-9-32-27)25-26-28(35-15-34-25)39(16-36-26)24-6-2-3-10-41-24/h4-5,7-9,11-12,14-16,24H,2-3,6,10H2,1H3,(H,32,38)(H,37,40). The first-order chi connectivity index (χ1) is 20.0. The number of ether oxygens (including phenoxy) is 1. The van der Waals surface area contributed by atoms with Crippen LogP contribution >= 0.6 is 11.6 Å². The van der Waals surface area contributed by atoms with Gasteiger partial charge in [-0.1, -0.05) is 11.6 Å². The van der Waals surface area contributed by atoms with E-state index < -0.39 is 5.91 Å². The number of hydrogen-bond donors (Lipinski definition) is 2. The maximum absolute atomic E-state index is 12.9. The zero-order valence-electron chi connectivity index (χ0n) is 22.0. The first-order valence-electron chi connectivity index (χ1n) is 13.0. The molecule has 2 N–H and O–H groups in total. The van der Waals surface area contributed by atoms with Gasteiger partial charge in [-0.3, -0.25) is 14.3 Å². The molecule has 11 nitrogen and oxygen atoms in total. The first kappa shape index (κ1) is 26.3. The number of amides is 1. The Morgan fingerprint density at radius 3 is 2.88 bits per heavy atom. The SMILES string of the molecule is Cc1ncc(NC(=O)c2ccc(Cl)c(C#N)c2)cc1Nc1ncccc1-c1ncnc2c1ncn2C1CCCCO1. The number of pyridine rings is 2. The Bertz CT molecular complexity index is 1810. The molecule has 1 aliphatic heterocycles. The average Bonchev–Trinajstić information content (AvgIpc) is 3.44. The van der Waals surface area contributed by atoms with Crippen molar-refractivity contribution in [3.8, 4) is 17.3 Å². The van der Waals surface area contributed by atoms with E-state index in [2.05, 4.69) is 35.6 Å². The van der Waals surface area contributed by atoms with Crippen LogP contribution < -0.4 is 10.6 Å². The summed E-state index contributed by atoms with van der Waals surface area (Å²) in [6.45, 7) is 2.57. The summed E-state index contributed by atoms with van der Waals surface area (Å²) in [6, 6.07) is 12.0. The van der Waals surface area contributed by atoms with E-state index in [1.54, 1.807) is 30.9 Å². The number of aromatic nitrogens is 6. The first-order valence-corrected chi connectivity index (χ1v) is 13.4. The average molecular weight is 566 g/mol. The molecule has 6 rings (SSSR count). The number of carbonyl (C=O) groups excluding carboxylic acids is 1. The molecule has 5 aromatic rings. The lowest BCUT2D eigenvalue weighted by Gasteiger charge is -2.23. The second kappa shape index (κ2) is 11.3. The number of imidazole rings is 1. The molecule has 5 heterocycles. The zero-order chi connectivity index (χ0) is 28.3. The van der Waals surface area contributed by atoms with Crippen LogP contribution in [0.3, 0.4) is 0 Å². The molecule has 1 amide bonds. The second-order valence-corrected chi connectivity index (χ2v) is 9.92. The summed E-state index contributed by atoms with van der Waals surface area (Å²) >= 11 is 6.01. The van der Waals surface area contributed by atoms with Crippen molar-refractivity contribution in [2.24, 2.45) is 0 Å². The van der Waals surface area contributed by atoms with Gasteiger partial charge in [-0.25, -0.2) is 19.9 Å². The van der Waals surface area contributed by atoms with Gasteiger partial charge in [0, 0.05) is 23.9 Å². The molecule has 0 radical (unpaired) electrons. The number of fused-ring (bicyclic) bond motifs is 1. The molecule has 1 saturated heterocycles. The molecule has 1 unspecified atom stereocenters. The lowest BCUT2D eigenvalue weighted by molar-refractivity contribution is -0.0298. The number of nitriles is 1. The fraction of sp³-hybridized carbons (Fsp3) is 0.207. The van der Waals surface area contributed by atoms with Crippen molar-refractivity contribution in [2.75, 3.05) is 17.2 Å². The quantitative estimate of drug-likeness (QED) is 0.260. The second-order valence-electron chi connectivity index (χ2n) is 9.51. The third-order valence-corrected chi connectivity index (χ3v) is 7.16. The van der Waals surface area contributed by atoms with Gasteiger partial charge in [0.15, 0.2) is 5.65 Å². The number of rotatable bonds is 6. The Balaban J connectivity index is 1.30. The Labute approximate surface area is 240 Å². The molecule has 204 valence electrons. The van der Waals surface area contributed by atoms with Crippen molar-refractivity contribution < 1.29 is 9.53 Å². The van der Waals surface area contributed by atoms with E-state index in [0.29, 0.717) is 51.9 Å². The van der Waals surface area contributed by atoms with Gasteiger partial charge in [0.2, 0.25) is 0 Å². The van der Waals surface area contributed by atoms with Crippen LogP contribution in [0.25, 0.3) is 22.4 Å². The van der Waals surface area contributed by atoms with Gasteiger partial charge >= 0.3 is 0 Å². The molecule has 0 aliphatic carbocycles. The fourth-order valence-corrected chi connectivity index (χ4v) is 4.87. The number of anilines is 3. The smallest absolute Gasteiger partial charge is 0.255 e. The predicted octanol–water partition coefficient (Wildman–Crippen LogP) is 5.81. The summed E-state index contributed by atoms with van der Waals surface area (Å²) in [6.07, 6.45) is 9.46. The maximum atomic E-state index is 12.9. The minimum atomic E-state index is -0.394. The van der Waals surface area contributed by atoms with Gasteiger partial charge in [0.05, 0.1) is 40.2 Å². The summed E-state index contributed by atoms with van der Waals surface area (Å²) in [5.74, 6) is 0.148. The van der Waals surface area contributed by atoms with Crippen LogP contribution in [0.5, 0.6) is 0 Å². The van der Waals surface area contributed by atoms with Crippen molar-refractivity contribution >= 4 is 45.9 Å². The van der Waals surface area contributed by atoms with Crippen LogP contribution in [0.15, 0.2) is 61.4 Å².